The van der Waals surface area contributed by atoms with Crippen molar-refractivity contribution in [3.05, 3.63) is 101 Å². The Morgan fingerprint density at radius 2 is 2.09 bits per heavy atom. The average molecular weight is 494 g/mol. The molecule has 1 aliphatic carbocycles. The molecule has 4 heteroatoms. The molecule has 1 saturated heterocycles. The van der Waals surface area contributed by atoms with Crippen molar-refractivity contribution in [1.82, 2.24) is 5.32 Å². The molecule has 0 amide bonds. The van der Waals surface area contributed by atoms with Gasteiger partial charge in [-0.3, -0.25) is 0 Å². The molecule has 3 rings (SSSR count). The Hall–Kier alpha value is -2.56. The Morgan fingerprint density at radius 1 is 1.29 bits per heavy atom. The van der Waals surface area contributed by atoms with Crippen LogP contribution in [0.15, 0.2) is 94.9 Å². The van der Waals surface area contributed by atoms with Crippen molar-refractivity contribution in [3.63, 3.8) is 0 Å². The van der Waals surface area contributed by atoms with Crippen molar-refractivity contribution >= 4 is 24.2 Å². The molecule has 0 saturated carbocycles. The number of nitrogens with one attached hydrogen (secondary N) is 1. The van der Waals surface area contributed by atoms with E-state index in [0.29, 0.717) is 5.92 Å². The highest BCUT2D eigenvalue weighted by Crippen LogP contribution is 2.31. The van der Waals surface area contributed by atoms with Gasteiger partial charge in [-0.2, -0.15) is 0 Å². The van der Waals surface area contributed by atoms with Gasteiger partial charge in [-0.25, -0.2) is 4.39 Å². The summed E-state index contributed by atoms with van der Waals surface area (Å²) in [7, 11) is 0. The molecular formula is C31H40FNOS. The van der Waals surface area contributed by atoms with Crippen LogP contribution in [0.5, 0.6) is 0 Å². The smallest absolute Gasteiger partial charge is 0.122 e. The zero-order valence-corrected chi connectivity index (χ0v) is 22.3. The molecular weight excluding hydrogens is 453 g/mol. The van der Waals surface area contributed by atoms with Gasteiger partial charge in [0.2, 0.25) is 0 Å². The van der Waals surface area contributed by atoms with E-state index in [9.17, 15) is 4.39 Å². The second kappa shape index (κ2) is 15.4. The molecule has 1 atom stereocenters. The minimum atomic E-state index is 0.00893. The Morgan fingerprint density at radius 3 is 2.71 bits per heavy atom. The fourth-order valence-corrected chi connectivity index (χ4v) is 4.71. The van der Waals surface area contributed by atoms with Gasteiger partial charge in [0.15, 0.2) is 0 Å². The first-order chi connectivity index (χ1) is 17.0. The minimum absolute atomic E-state index is 0.00893. The minimum Gasteiger partial charge on any atom is -0.385 e. The summed E-state index contributed by atoms with van der Waals surface area (Å²) in [6, 6.07) is 5.75. The van der Waals surface area contributed by atoms with Crippen molar-refractivity contribution in [2.75, 3.05) is 6.54 Å². The maximum atomic E-state index is 14.0. The fourth-order valence-electron chi connectivity index (χ4n) is 4.41. The predicted octanol–water partition coefficient (Wildman–Crippen LogP) is 9.67. The Balaban J connectivity index is 0.000000283. The van der Waals surface area contributed by atoms with E-state index in [2.05, 4.69) is 44.5 Å². The van der Waals surface area contributed by atoms with Crippen LogP contribution in [0.2, 0.25) is 0 Å². The molecule has 35 heavy (non-hydrogen) atoms. The molecule has 0 aromatic heterocycles. The van der Waals surface area contributed by atoms with Gasteiger partial charge < -0.3 is 9.87 Å². The van der Waals surface area contributed by atoms with E-state index >= 15 is 0 Å². The van der Waals surface area contributed by atoms with E-state index in [1.54, 1.807) is 6.08 Å². The van der Waals surface area contributed by atoms with Crippen LogP contribution in [0.25, 0.3) is 12.2 Å². The number of allylic oxidation sites excluding steroid dienone is 9. The molecule has 1 aromatic carbocycles. The van der Waals surface area contributed by atoms with Crippen LogP contribution in [0, 0.1) is 5.92 Å². The predicted molar refractivity (Wildman–Crippen MR) is 153 cm³/mol. The van der Waals surface area contributed by atoms with Gasteiger partial charge in [-0.1, -0.05) is 69.0 Å². The zero-order valence-electron chi connectivity index (χ0n) is 21.4. The number of hydrogen-bond donors (Lipinski definition) is 2. The molecule has 1 unspecified atom stereocenters. The lowest BCUT2D eigenvalue weighted by molar-refractivity contribution is 0.537. The second-order valence-electron chi connectivity index (χ2n) is 8.87. The van der Waals surface area contributed by atoms with Crippen molar-refractivity contribution < 1.29 is 8.94 Å². The molecule has 1 aliphatic heterocycles. The molecule has 1 aromatic rings. The van der Waals surface area contributed by atoms with Crippen LogP contribution in [0.4, 0.5) is 4.39 Å². The van der Waals surface area contributed by atoms with Gasteiger partial charge in [-0.05, 0) is 97.9 Å². The summed E-state index contributed by atoms with van der Waals surface area (Å²) < 4.78 is 22.9. The number of benzene rings is 1. The SMILES string of the molecule is C=C/C=C1/CCN/C1=C(/C)CCC1C=C(F)C(CCC)=CC1.C=Cc1ccc(SO)cc1/C=C\C. The first-order valence-corrected chi connectivity index (χ1v) is 13.3. The van der Waals surface area contributed by atoms with E-state index in [0.717, 1.165) is 78.7 Å². The van der Waals surface area contributed by atoms with Crippen LogP contribution in [0.1, 0.15) is 70.4 Å². The van der Waals surface area contributed by atoms with Crippen molar-refractivity contribution in [1.29, 1.82) is 0 Å². The van der Waals surface area contributed by atoms with Crippen LogP contribution < -0.4 is 5.32 Å². The van der Waals surface area contributed by atoms with Crippen LogP contribution in [-0.4, -0.2) is 11.1 Å². The number of hydrogen-bond acceptors (Lipinski definition) is 3. The Kier molecular flexibility index (Phi) is 12.6. The van der Waals surface area contributed by atoms with Gasteiger partial charge in [0.05, 0.1) is 0 Å². The molecule has 188 valence electrons. The summed E-state index contributed by atoms with van der Waals surface area (Å²) in [5, 5.41) is 3.47. The topological polar surface area (TPSA) is 32.3 Å². The summed E-state index contributed by atoms with van der Waals surface area (Å²) >= 11 is 0.760. The lowest BCUT2D eigenvalue weighted by Gasteiger charge is -2.18. The number of halogens is 1. The van der Waals surface area contributed by atoms with E-state index < -0.39 is 0 Å². The van der Waals surface area contributed by atoms with Crippen LogP contribution in [-0.2, 0) is 0 Å². The van der Waals surface area contributed by atoms with E-state index in [4.69, 9.17) is 4.55 Å². The maximum absolute atomic E-state index is 14.0. The first-order valence-electron chi connectivity index (χ1n) is 12.5. The third kappa shape index (κ3) is 8.87. The molecule has 1 fully saturated rings. The Labute approximate surface area is 216 Å². The monoisotopic (exact) mass is 493 g/mol. The van der Waals surface area contributed by atoms with Crippen LogP contribution in [0.3, 0.4) is 0 Å². The highest BCUT2D eigenvalue weighted by Gasteiger charge is 2.18. The van der Waals surface area contributed by atoms with Gasteiger partial charge in [0.25, 0.3) is 0 Å². The van der Waals surface area contributed by atoms with Crippen molar-refractivity contribution in [3.8, 4) is 0 Å². The molecule has 0 spiro atoms. The van der Waals surface area contributed by atoms with E-state index in [1.807, 2.05) is 49.4 Å². The lowest BCUT2D eigenvalue weighted by Crippen LogP contribution is -2.08. The molecule has 0 radical (unpaired) electrons. The molecule has 2 aliphatic rings. The highest BCUT2D eigenvalue weighted by atomic mass is 32.2. The standard InChI is InChI=1S/C20H28FN.C11H12OS/c1-4-6-17-11-10-16(14-19(17)21)9-8-15(3)20-18(7-5-2)12-13-22-20;1-3-5-10-8-11(13-12)7-6-9(10)4-2/h5,7,11,14,16,22H,2,4,6,8-10,12-13H2,1,3H3;3-8,12H,2H2,1H3/b18-7-,20-15-;5-3-. The molecule has 2 nitrogen and oxygen atoms in total. The molecule has 1 heterocycles. The third-order valence-corrected chi connectivity index (χ3v) is 6.72. The third-order valence-electron chi connectivity index (χ3n) is 6.26. The second-order valence-corrected chi connectivity index (χ2v) is 9.53. The van der Waals surface area contributed by atoms with Gasteiger partial charge >= 0.3 is 0 Å². The highest BCUT2D eigenvalue weighted by molar-refractivity contribution is 7.93. The summed E-state index contributed by atoms with van der Waals surface area (Å²) in [6.07, 6.45) is 19.6. The van der Waals surface area contributed by atoms with E-state index in [-0.39, 0.29) is 5.83 Å². The summed E-state index contributed by atoms with van der Waals surface area (Å²) in [5.74, 6) is 0.346. The molecule has 2 N–H and O–H groups in total. The average Bonchev–Trinajstić information content (AvgIpc) is 3.33. The van der Waals surface area contributed by atoms with Gasteiger partial charge in [0, 0.05) is 29.2 Å². The zero-order chi connectivity index (χ0) is 25.6. The Bertz CT molecular complexity index is 1030. The maximum Gasteiger partial charge on any atom is 0.122 e. The first kappa shape index (κ1) is 28.7. The van der Waals surface area contributed by atoms with Crippen molar-refractivity contribution in [2.45, 2.75) is 64.2 Å². The summed E-state index contributed by atoms with van der Waals surface area (Å²) in [4.78, 5) is 0.846. The summed E-state index contributed by atoms with van der Waals surface area (Å²) in [6.45, 7) is 14.8. The number of rotatable bonds is 9. The fraction of sp³-hybridized carbons (Fsp3) is 0.355. The van der Waals surface area contributed by atoms with Crippen LogP contribution >= 0.6 is 12.0 Å². The van der Waals surface area contributed by atoms with Crippen molar-refractivity contribution in [2.24, 2.45) is 5.92 Å². The quantitative estimate of drug-likeness (QED) is 0.336. The normalized spacial score (nSPS) is 20.0. The van der Waals surface area contributed by atoms with E-state index in [1.165, 1.54) is 16.8 Å². The van der Waals surface area contributed by atoms with Gasteiger partial charge in [0.1, 0.15) is 5.83 Å². The largest absolute Gasteiger partial charge is 0.385 e. The molecule has 0 bridgehead atoms. The van der Waals surface area contributed by atoms with Gasteiger partial charge in [-0.15, -0.1) is 0 Å². The summed E-state index contributed by atoms with van der Waals surface area (Å²) in [5.41, 5.74) is 7.07. The lowest BCUT2D eigenvalue weighted by atomic mass is 9.89.